The number of hydrogen-bond acceptors (Lipinski definition) is 3. The van der Waals surface area contributed by atoms with Gasteiger partial charge in [-0.15, -0.1) is 0 Å². The minimum Gasteiger partial charge on any atom is -0.384 e. The summed E-state index contributed by atoms with van der Waals surface area (Å²) in [6.45, 7) is 5.23. The summed E-state index contributed by atoms with van der Waals surface area (Å²) in [5.74, 6) is 4.24. The molecule has 21 heavy (non-hydrogen) atoms. The molecule has 1 aliphatic rings. The standard InChI is InChI=1S/C16H18FNO2S/c1-11-9-18(10-12(2)21-11)16(20)14-6-5-13(4-3-7-19)15(17)8-14/h5-6,8,11-12,19H,7,9-10H2,1-2H3. The summed E-state index contributed by atoms with van der Waals surface area (Å²) in [5, 5.41) is 9.39. The van der Waals surface area contributed by atoms with Crippen molar-refractivity contribution in [2.24, 2.45) is 0 Å². The van der Waals surface area contributed by atoms with Crippen LogP contribution >= 0.6 is 11.8 Å². The Morgan fingerprint density at radius 3 is 2.67 bits per heavy atom. The highest BCUT2D eigenvalue weighted by atomic mass is 32.2. The highest BCUT2D eigenvalue weighted by molar-refractivity contribution is 8.00. The number of benzene rings is 1. The molecule has 2 atom stereocenters. The van der Waals surface area contributed by atoms with Crippen molar-refractivity contribution in [2.45, 2.75) is 24.3 Å². The zero-order valence-electron chi connectivity index (χ0n) is 12.1. The van der Waals surface area contributed by atoms with Crippen LogP contribution in [0.1, 0.15) is 29.8 Å². The lowest BCUT2D eigenvalue weighted by Crippen LogP contribution is -2.44. The molecule has 1 fully saturated rings. The predicted octanol–water partition coefficient (Wildman–Crippen LogP) is 2.14. The number of halogens is 1. The second-order valence-electron chi connectivity index (χ2n) is 5.12. The van der Waals surface area contributed by atoms with Gasteiger partial charge in [0.05, 0.1) is 5.56 Å². The van der Waals surface area contributed by atoms with Gasteiger partial charge >= 0.3 is 0 Å². The van der Waals surface area contributed by atoms with Gasteiger partial charge in [0.25, 0.3) is 5.91 Å². The second kappa shape index (κ2) is 6.97. The molecule has 0 aromatic heterocycles. The van der Waals surface area contributed by atoms with E-state index in [-0.39, 0.29) is 18.1 Å². The number of rotatable bonds is 1. The van der Waals surface area contributed by atoms with Gasteiger partial charge in [0.15, 0.2) is 0 Å². The fraction of sp³-hybridized carbons (Fsp3) is 0.438. The number of aliphatic hydroxyl groups excluding tert-OH is 1. The van der Waals surface area contributed by atoms with Crippen LogP contribution in [-0.2, 0) is 0 Å². The maximum Gasteiger partial charge on any atom is 0.254 e. The third kappa shape index (κ3) is 3.99. The van der Waals surface area contributed by atoms with Crippen LogP contribution in [-0.4, -0.2) is 46.1 Å². The van der Waals surface area contributed by atoms with E-state index < -0.39 is 5.82 Å². The molecule has 1 aliphatic heterocycles. The van der Waals surface area contributed by atoms with E-state index in [0.717, 1.165) is 0 Å². The SMILES string of the molecule is CC1CN(C(=O)c2ccc(C#CCO)c(F)c2)CC(C)S1. The fourth-order valence-corrected chi connectivity index (χ4v) is 3.74. The maximum atomic E-state index is 13.9. The van der Waals surface area contributed by atoms with Crippen molar-refractivity contribution in [1.29, 1.82) is 0 Å². The van der Waals surface area contributed by atoms with Crippen molar-refractivity contribution in [1.82, 2.24) is 4.90 Å². The average Bonchev–Trinajstić information content (AvgIpc) is 2.44. The third-order valence-corrected chi connectivity index (χ3v) is 4.45. The van der Waals surface area contributed by atoms with Crippen molar-refractivity contribution in [3.8, 4) is 11.8 Å². The van der Waals surface area contributed by atoms with E-state index >= 15 is 0 Å². The second-order valence-corrected chi connectivity index (χ2v) is 7.00. The van der Waals surface area contributed by atoms with E-state index in [1.165, 1.54) is 12.1 Å². The summed E-state index contributed by atoms with van der Waals surface area (Å²) in [6.07, 6.45) is 0. The Balaban J connectivity index is 2.18. The van der Waals surface area contributed by atoms with E-state index in [1.807, 2.05) is 11.8 Å². The van der Waals surface area contributed by atoms with Gasteiger partial charge in [-0.2, -0.15) is 11.8 Å². The summed E-state index contributed by atoms with van der Waals surface area (Å²) < 4.78 is 13.9. The molecule has 0 spiro atoms. The highest BCUT2D eigenvalue weighted by Gasteiger charge is 2.26. The fourth-order valence-electron chi connectivity index (χ4n) is 2.41. The molecule has 1 saturated heterocycles. The number of aliphatic hydroxyl groups is 1. The van der Waals surface area contributed by atoms with Crippen molar-refractivity contribution in [3.05, 3.63) is 35.1 Å². The number of thioether (sulfide) groups is 1. The van der Waals surface area contributed by atoms with Crippen LogP contribution in [0.2, 0.25) is 0 Å². The Morgan fingerprint density at radius 1 is 1.43 bits per heavy atom. The topological polar surface area (TPSA) is 40.5 Å². The Kier molecular flexibility index (Phi) is 5.27. The molecule has 0 bridgehead atoms. The Labute approximate surface area is 128 Å². The number of nitrogens with zero attached hydrogens (tertiary/aromatic N) is 1. The van der Waals surface area contributed by atoms with Gasteiger partial charge in [-0.25, -0.2) is 4.39 Å². The molecule has 0 aliphatic carbocycles. The number of carbonyl (C=O) groups excluding carboxylic acids is 1. The van der Waals surface area contributed by atoms with E-state index in [4.69, 9.17) is 5.11 Å². The summed E-state index contributed by atoms with van der Waals surface area (Å²) in [7, 11) is 0. The van der Waals surface area contributed by atoms with Gasteiger partial charge < -0.3 is 10.0 Å². The molecule has 1 aromatic rings. The van der Waals surface area contributed by atoms with Crippen LogP contribution in [0.3, 0.4) is 0 Å². The molecular formula is C16H18FNO2S. The van der Waals surface area contributed by atoms with Gasteiger partial charge in [-0.3, -0.25) is 4.79 Å². The first-order valence-electron chi connectivity index (χ1n) is 6.85. The van der Waals surface area contributed by atoms with Gasteiger partial charge in [0.1, 0.15) is 12.4 Å². The van der Waals surface area contributed by atoms with E-state index in [0.29, 0.717) is 29.2 Å². The molecule has 112 valence electrons. The molecule has 1 aromatic carbocycles. The molecule has 3 nitrogen and oxygen atoms in total. The predicted molar refractivity (Wildman–Crippen MR) is 82.8 cm³/mol. The van der Waals surface area contributed by atoms with Crippen LogP contribution < -0.4 is 0 Å². The smallest absolute Gasteiger partial charge is 0.254 e. The van der Waals surface area contributed by atoms with Crippen LogP contribution in [0.25, 0.3) is 0 Å². The average molecular weight is 307 g/mol. The number of carbonyl (C=O) groups is 1. The van der Waals surface area contributed by atoms with Crippen molar-refractivity contribution in [2.75, 3.05) is 19.7 Å². The van der Waals surface area contributed by atoms with Crippen LogP contribution in [0, 0.1) is 17.7 Å². The molecule has 2 unspecified atom stereocenters. The van der Waals surface area contributed by atoms with Crippen LogP contribution in [0.5, 0.6) is 0 Å². The lowest BCUT2D eigenvalue weighted by molar-refractivity contribution is 0.0753. The molecule has 5 heteroatoms. The maximum absolute atomic E-state index is 13.9. The minimum atomic E-state index is -0.533. The van der Waals surface area contributed by atoms with Gasteiger partial charge in [0.2, 0.25) is 0 Å². The zero-order chi connectivity index (χ0) is 15.4. The number of hydrogen-bond donors (Lipinski definition) is 1. The first kappa shape index (κ1) is 15.9. The Hall–Kier alpha value is -1.51. The zero-order valence-corrected chi connectivity index (χ0v) is 12.9. The van der Waals surface area contributed by atoms with Crippen molar-refractivity contribution >= 4 is 17.7 Å². The highest BCUT2D eigenvalue weighted by Crippen LogP contribution is 2.26. The van der Waals surface area contributed by atoms with Crippen LogP contribution in [0.15, 0.2) is 18.2 Å². The lowest BCUT2D eigenvalue weighted by Gasteiger charge is -2.34. The molecule has 1 heterocycles. The van der Waals surface area contributed by atoms with Gasteiger partial charge in [-0.05, 0) is 18.2 Å². The van der Waals surface area contributed by atoms with Crippen molar-refractivity contribution < 1.29 is 14.3 Å². The number of amides is 1. The molecule has 1 N–H and O–H groups in total. The van der Waals surface area contributed by atoms with E-state index in [9.17, 15) is 9.18 Å². The Morgan fingerprint density at radius 2 is 2.10 bits per heavy atom. The summed E-state index contributed by atoms with van der Waals surface area (Å²) in [5.41, 5.74) is 0.532. The van der Waals surface area contributed by atoms with Crippen molar-refractivity contribution in [3.63, 3.8) is 0 Å². The van der Waals surface area contributed by atoms with Crippen LogP contribution in [0.4, 0.5) is 4.39 Å². The van der Waals surface area contributed by atoms with Gasteiger partial charge in [0, 0.05) is 29.2 Å². The minimum absolute atomic E-state index is 0.144. The quantitative estimate of drug-likeness (QED) is 0.808. The van der Waals surface area contributed by atoms with E-state index in [2.05, 4.69) is 25.7 Å². The largest absolute Gasteiger partial charge is 0.384 e. The lowest BCUT2D eigenvalue weighted by atomic mass is 10.1. The first-order valence-corrected chi connectivity index (χ1v) is 7.79. The third-order valence-electron chi connectivity index (χ3n) is 3.22. The summed E-state index contributed by atoms with van der Waals surface area (Å²) >= 11 is 1.86. The normalized spacial score (nSPS) is 21.6. The molecule has 1 amide bonds. The molecule has 2 rings (SSSR count). The van der Waals surface area contributed by atoms with E-state index in [1.54, 1.807) is 11.0 Å². The summed E-state index contributed by atoms with van der Waals surface area (Å²) in [4.78, 5) is 14.2. The van der Waals surface area contributed by atoms with Gasteiger partial charge in [-0.1, -0.05) is 25.7 Å². The first-order chi connectivity index (χ1) is 10.0. The monoisotopic (exact) mass is 307 g/mol. The molecule has 0 saturated carbocycles. The Bertz CT molecular complexity index is 584. The molecule has 0 radical (unpaired) electrons. The molecular weight excluding hydrogens is 289 g/mol. The summed E-state index contributed by atoms with van der Waals surface area (Å²) in [6, 6.07) is 4.29.